The second-order valence-electron chi connectivity index (χ2n) is 9.33. The Labute approximate surface area is 241 Å². The number of ether oxygens (including phenoxy) is 1. The molecule has 5 rings (SSSR count). The van der Waals surface area contributed by atoms with Gasteiger partial charge in [-0.05, 0) is 60.7 Å². The zero-order chi connectivity index (χ0) is 28.8. The van der Waals surface area contributed by atoms with E-state index in [1.165, 1.54) is 57.4 Å². The maximum absolute atomic E-state index is 13.4. The van der Waals surface area contributed by atoms with Gasteiger partial charge in [0.1, 0.15) is 11.1 Å². The monoisotopic (exact) mass is 597 g/mol. The van der Waals surface area contributed by atoms with Crippen molar-refractivity contribution in [2.75, 3.05) is 38.2 Å². The number of hydrogen-bond donors (Lipinski definition) is 1. The summed E-state index contributed by atoms with van der Waals surface area (Å²) >= 11 is 1.18. The van der Waals surface area contributed by atoms with Gasteiger partial charge in [-0.25, -0.2) is 17.8 Å². The number of morpholine rings is 1. The van der Waals surface area contributed by atoms with Gasteiger partial charge in [-0.3, -0.25) is 19.5 Å². The van der Waals surface area contributed by atoms with Gasteiger partial charge >= 0.3 is 0 Å². The molecule has 214 valence electrons. The molecule has 0 spiro atoms. The van der Waals surface area contributed by atoms with Gasteiger partial charge in [-0.2, -0.15) is 4.31 Å². The van der Waals surface area contributed by atoms with Crippen molar-refractivity contribution in [2.24, 2.45) is 4.99 Å². The third kappa shape index (κ3) is 7.17. The lowest BCUT2D eigenvalue weighted by molar-refractivity contribution is -0.128. The summed E-state index contributed by atoms with van der Waals surface area (Å²) < 4.78 is 45.8. The number of pyridine rings is 1. The highest BCUT2D eigenvalue weighted by atomic mass is 32.2. The topological polar surface area (TPSA) is 121 Å². The zero-order valence-electron chi connectivity index (χ0n) is 22.0. The highest BCUT2D eigenvalue weighted by molar-refractivity contribution is 8.15. The SMILES string of the molecule is O=C(C[C@H]1SC(=Nc2ccc(S(=O)(=O)N3CCOCC3)cc2)N(CCc2ccccn2)C1=O)Nc1ccc(F)cc1. The van der Waals surface area contributed by atoms with Crippen LogP contribution in [0.3, 0.4) is 0 Å². The Bertz CT molecular complexity index is 1510. The summed E-state index contributed by atoms with van der Waals surface area (Å²) in [5, 5.41) is 2.39. The molecule has 2 fully saturated rings. The Morgan fingerprint density at radius 1 is 1.07 bits per heavy atom. The minimum Gasteiger partial charge on any atom is -0.379 e. The van der Waals surface area contributed by atoms with Crippen LogP contribution in [-0.2, 0) is 30.8 Å². The fourth-order valence-corrected chi connectivity index (χ4v) is 6.95. The van der Waals surface area contributed by atoms with Crippen LogP contribution in [-0.4, -0.2) is 77.7 Å². The van der Waals surface area contributed by atoms with E-state index in [-0.39, 0.29) is 23.1 Å². The zero-order valence-corrected chi connectivity index (χ0v) is 23.6. The van der Waals surface area contributed by atoms with Crippen LogP contribution in [0.5, 0.6) is 0 Å². The Balaban J connectivity index is 1.33. The first-order valence-electron chi connectivity index (χ1n) is 13.0. The molecular weight excluding hydrogens is 569 g/mol. The highest BCUT2D eigenvalue weighted by Crippen LogP contribution is 2.32. The molecular formula is C28H28FN5O5S2. The van der Waals surface area contributed by atoms with Crippen molar-refractivity contribution >= 4 is 50.1 Å². The lowest BCUT2D eigenvalue weighted by Crippen LogP contribution is -2.40. The molecule has 10 nitrogen and oxygen atoms in total. The first kappa shape index (κ1) is 28.9. The molecule has 3 aromatic rings. The van der Waals surface area contributed by atoms with Crippen molar-refractivity contribution < 1.29 is 27.1 Å². The number of benzene rings is 2. The summed E-state index contributed by atoms with van der Waals surface area (Å²) in [4.78, 5) is 36.8. The number of carbonyl (C=O) groups is 2. The summed E-state index contributed by atoms with van der Waals surface area (Å²) in [5.74, 6) is -1.06. The van der Waals surface area contributed by atoms with Crippen molar-refractivity contribution in [3.8, 4) is 0 Å². The van der Waals surface area contributed by atoms with Crippen LogP contribution in [0.4, 0.5) is 15.8 Å². The number of carbonyl (C=O) groups excluding carboxylic acids is 2. The molecule has 3 heterocycles. The lowest BCUT2D eigenvalue weighted by Gasteiger charge is -2.26. The van der Waals surface area contributed by atoms with Gasteiger partial charge in [0.25, 0.3) is 0 Å². The second kappa shape index (κ2) is 12.9. The molecule has 2 aromatic carbocycles. The summed E-state index contributed by atoms with van der Waals surface area (Å²) in [6.45, 7) is 1.61. The largest absolute Gasteiger partial charge is 0.379 e. The van der Waals surface area contributed by atoms with Gasteiger partial charge in [0.2, 0.25) is 21.8 Å². The van der Waals surface area contributed by atoms with E-state index in [4.69, 9.17) is 4.74 Å². The Morgan fingerprint density at radius 3 is 2.49 bits per heavy atom. The van der Waals surface area contributed by atoms with Crippen LogP contribution in [0.1, 0.15) is 12.1 Å². The molecule has 0 bridgehead atoms. The maximum Gasteiger partial charge on any atom is 0.243 e. The first-order valence-corrected chi connectivity index (χ1v) is 15.3. The number of amidine groups is 1. The fourth-order valence-electron chi connectivity index (χ4n) is 4.36. The van der Waals surface area contributed by atoms with Gasteiger partial charge in [0.15, 0.2) is 5.17 Å². The van der Waals surface area contributed by atoms with E-state index in [0.29, 0.717) is 55.8 Å². The van der Waals surface area contributed by atoms with Crippen molar-refractivity contribution in [3.05, 3.63) is 84.4 Å². The third-order valence-corrected chi connectivity index (χ3v) is 9.59. The first-order chi connectivity index (χ1) is 19.8. The van der Waals surface area contributed by atoms with E-state index in [9.17, 15) is 22.4 Å². The molecule has 2 saturated heterocycles. The molecule has 0 unspecified atom stereocenters. The predicted octanol–water partition coefficient (Wildman–Crippen LogP) is 3.44. The number of amides is 2. The number of sulfonamides is 1. The molecule has 41 heavy (non-hydrogen) atoms. The molecule has 0 saturated carbocycles. The van der Waals surface area contributed by atoms with E-state index in [0.717, 1.165) is 5.69 Å². The summed E-state index contributed by atoms with van der Waals surface area (Å²) in [7, 11) is -3.65. The summed E-state index contributed by atoms with van der Waals surface area (Å²) in [5.41, 5.74) is 1.71. The van der Waals surface area contributed by atoms with E-state index >= 15 is 0 Å². The minimum absolute atomic E-state index is 0.100. The standard InChI is InChI=1S/C28H28FN5O5S2/c29-20-4-6-22(7-5-20)31-26(35)19-25-27(36)34(14-12-21-3-1-2-13-30-21)28(40-25)32-23-8-10-24(11-9-23)41(37,38)33-15-17-39-18-16-33/h1-11,13,25H,12,14-19H2,(H,31,35)/t25-/m1/s1. The molecule has 1 atom stereocenters. The van der Waals surface area contributed by atoms with Gasteiger partial charge in [0, 0.05) is 50.1 Å². The molecule has 0 radical (unpaired) electrons. The molecule has 13 heteroatoms. The number of nitrogens with zero attached hydrogens (tertiary/aromatic N) is 4. The van der Waals surface area contributed by atoms with Crippen LogP contribution < -0.4 is 5.32 Å². The lowest BCUT2D eigenvalue weighted by atomic mass is 10.2. The number of hydrogen-bond acceptors (Lipinski definition) is 8. The number of nitrogens with one attached hydrogen (secondary N) is 1. The average Bonchev–Trinajstić information content (AvgIpc) is 3.27. The van der Waals surface area contributed by atoms with Crippen LogP contribution in [0.2, 0.25) is 0 Å². The van der Waals surface area contributed by atoms with Gasteiger partial charge in [-0.15, -0.1) is 0 Å². The third-order valence-electron chi connectivity index (χ3n) is 6.51. The molecule has 1 N–H and O–H groups in total. The minimum atomic E-state index is -3.65. The number of rotatable bonds is 9. The van der Waals surface area contributed by atoms with E-state index in [2.05, 4.69) is 15.3 Å². The van der Waals surface area contributed by atoms with Crippen LogP contribution in [0.25, 0.3) is 0 Å². The Hall–Kier alpha value is -3.65. The highest BCUT2D eigenvalue weighted by Gasteiger charge is 2.39. The van der Waals surface area contributed by atoms with Gasteiger partial charge in [-0.1, -0.05) is 17.8 Å². The number of anilines is 1. The predicted molar refractivity (Wildman–Crippen MR) is 154 cm³/mol. The molecule has 2 aliphatic heterocycles. The number of aliphatic imine (C=N–C) groups is 1. The van der Waals surface area contributed by atoms with E-state index < -0.39 is 21.1 Å². The van der Waals surface area contributed by atoms with Crippen LogP contribution >= 0.6 is 11.8 Å². The number of aromatic nitrogens is 1. The Kier molecular flexibility index (Phi) is 9.08. The number of thioether (sulfide) groups is 1. The molecule has 2 amide bonds. The van der Waals surface area contributed by atoms with Crippen molar-refractivity contribution in [1.29, 1.82) is 0 Å². The molecule has 0 aliphatic carbocycles. The van der Waals surface area contributed by atoms with Crippen molar-refractivity contribution in [3.63, 3.8) is 0 Å². The van der Waals surface area contributed by atoms with Crippen LogP contribution in [0, 0.1) is 5.82 Å². The van der Waals surface area contributed by atoms with E-state index in [1.54, 1.807) is 18.3 Å². The van der Waals surface area contributed by atoms with Crippen molar-refractivity contribution in [2.45, 2.75) is 23.0 Å². The van der Waals surface area contributed by atoms with Gasteiger partial charge < -0.3 is 10.1 Å². The second-order valence-corrected chi connectivity index (χ2v) is 12.4. The number of halogens is 1. The van der Waals surface area contributed by atoms with E-state index in [1.807, 2.05) is 18.2 Å². The molecule has 2 aliphatic rings. The summed E-state index contributed by atoms with van der Waals surface area (Å²) in [6, 6.07) is 17.1. The Morgan fingerprint density at radius 2 is 1.80 bits per heavy atom. The molecule has 1 aromatic heterocycles. The maximum atomic E-state index is 13.4. The van der Waals surface area contributed by atoms with Crippen molar-refractivity contribution in [1.82, 2.24) is 14.2 Å². The average molecular weight is 598 g/mol. The normalized spacial score (nSPS) is 19.0. The van der Waals surface area contributed by atoms with Crippen LogP contribution in [0.15, 0.2) is 82.8 Å². The fraction of sp³-hybridized carbons (Fsp3) is 0.286. The summed E-state index contributed by atoms with van der Waals surface area (Å²) in [6.07, 6.45) is 2.06. The quantitative estimate of drug-likeness (QED) is 0.401. The smallest absolute Gasteiger partial charge is 0.243 e. The van der Waals surface area contributed by atoms with Gasteiger partial charge in [0.05, 0.1) is 23.8 Å².